The van der Waals surface area contributed by atoms with E-state index in [1.807, 2.05) is 0 Å². The molecule has 0 aliphatic rings. The van der Waals surface area contributed by atoms with Gasteiger partial charge in [-0.3, -0.25) is 0 Å². The Balaban J connectivity index is 2.65. The second-order valence-electron chi connectivity index (χ2n) is 2.10. The molecule has 0 N–H and O–H groups in total. The van der Waals surface area contributed by atoms with Gasteiger partial charge in [0, 0.05) is 0 Å². The molecule has 0 radical (unpaired) electrons. The zero-order valence-electron chi connectivity index (χ0n) is 7.06. The van der Waals surface area contributed by atoms with Crippen molar-refractivity contribution in [3.63, 3.8) is 0 Å². The van der Waals surface area contributed by atoms with E-state index in [4.69, 9.17) is 0 Å². The molecule has 0 unspecified atom stereocenters. The van der Waals surface area contributed by atoms with Crippen LogP contribution in [0.3, 0.4) is 0 Å². The second-order valence-corrected chi connectivity index (χ2v) is 10.1. The summed E-state index contributed by atoms with van der Waals surface area (Å²) in [6.07, 6.45) is 3.11. The molecule has 0 bridgehead atoms. The third-order valence-corrected chi connectivity index (χ3v) is 6.86. The van der Waals surface area contributed by atoms with Crippen molar-refractivity contribution in [1.82, 2.24) is 0 Å². The number of unbranched alkanes of at least 4 members (excludes halogenated alkanes) is 1. The molecule has 0 aromatic heterocycles. The molecule has 0 fully saturated rings. The fourth-order valence-corrected chi connectivity index (χ4v) is 4.68. The number of rotatable bonds is 7. The van der Waals surface area contributed by atoms with Gasteiger partial charge in [0.05, 0.1) is 0 Å². The molecule has 0 aromatic carbocycles. The van der Waals surface area contributed by atoms with Crippen LogP contribution in [0.4, 0.5) is 0 Å². The van der Waals surface area contributed by atoms with Crippen molar-refractivity contribution in [2.45, 2.75) is 44.6 Å². The quantitative estimate of drug-likeness (QED) is 0.478. The SMILES string of the molecule is CC[Te]CCCC[Te]CC. The van der Waals surface area contributed by atoms with E-state index in [1.54, 1.807) is 21.8 Å². The van der Waals surface area contributed by atoms with E-state index in [1.165, 1.54) is 8.94 Å². The molecule has 0 aromatic rings. The van der Waals surface area contributed by atoms with E-state index in [9.17, 15) is 0 Å². The summed E-state index contributed by atoms with van der Waals surface area (Å²) in [6.45, 7) is 4.67. The van der Waals surface area contributed by atoms with Crippen LogP contribution in [0, 0.1) is 0 Å². The molecule has 0 aliphatic carbocycles. The van der Waals surface area contributed by atoms with Crippen LogP contribution in [0.5, 0.6) is 0 Å². The van der Waals surface area contributed by atoms with Crippen LogP contribution < -0.4 is 0 Å². The topological polar surface area (TPSA) is 0 Å². The average Bonchev–Trinajstić information content (AvgIpc) is 1.97. The molecule has 62 valence electrons. The van der Waals surface area contributed by atoms with Crippen LogP contribution in [0.25, 0.3) is 0 Å². The predicted molar refractivity (Wildman–Crippen MR) is 51.3 cm³/mol. The Hall–Kier alpha value is 1.58. The van der Waals surface area contributed by atoms with Gasteiger partial charge in [0.2, 0.25) is 0 Å². The van der Waals surface area contributed by atoms with E-state index >= 15 is 0 Å². The number of hydrogen-bond donors (Lipinski definition) is 0. The van der Waals surface area contributed by atoms with Crippen LogP contribution in [-0.4, -0.2) is 41.8 Å². The predicted octanol–water partition coefficient (Wildman–Crippen LogP) is 2.89. The summed E-state index contributed by atoms with van der Waals surface area (Å²) in [7, 11) is 0. The summed E-state index contributed by atoms with van der Waals surface area (Å²) in [4.78, 5) is 0. The molecule has 0 rings (SSSR count). The van der Waals surface area contributed by atoms with E-state index in [-0.39, 0.29) is 0 Å². The first-order chi connectivity index (χ1) is 4.91. The zero-order chi connectivity index (χ0) is 7.66. The van der Waals surface area contributed by atoms with Gasteiger partial charge >= 0.3 is 86.4 Å². The summed E-state index contributed by atoms with van der Waals surface area (Å²) < 4.78 is 6.24. The first kappa shape index (κ1) is 11.6. The van der Waals surface area contributed by atoms with Gasteiger partial charge in [0.1, 0.15) is 0 Å². The molecule has 0 saturated carbocycles. The van der Waals surface area contributed by atoms with Gasteiger partial charge in [-0.2, -0.15) is 0 Å². The molecule has 0 nitrogen and oxygen atoms in total. The van der Waals surface area contributed by atoms with Gasteiger partial charge in [0.25, 0.3) is 0 Å². The fraction of sp³-hybridized carbons (Fsp3) is 1.00. The van der Waals surface area contributed by atoms with E-state index in [0.29, 0.717) is 41.8 Å². The Morgan fingerprint density at radius 2 is 1.20 bits per heavy atom. The third kappa shape index (κ3) is 9.58. The first-order valence-corrected chi connectivity index (χ1v) is 10.7. The molecule has 0 aliphatic heterocycles. The molecule has 0 atom stereocenters. The Morgan fingerprint density at radius 1 is 0.800 bits per heavy atom. The second kappa shape index (κ2) is 10.6. The fourth-order valence-electron chi connectivity index (χ4n) is 0.697. The van der Waals surface area contributed by atoms with Gasteiger partial charge in [-0.1, -0.05) is 0 Å². The maximum atomic E-state index is 2.34. The van der Waals surface area contributed by atoms with Gasteiger partial charge in [-0.15, -0.1) is 0 Å². The van der Waals surface area contributed by atoms with E-state index in [0.717, 1.165) is 0 Å². The molecule has 10 heavy (non-hydrogen) atoms. The van der Waals surface area contributed by atoms with Crippen LogP contribution >= 0.6 is 0 Å². The molecule has 0 amide bonds. The van der Waals surface area contributed by atoms with Crippen molar-refractivity contribution >= 4 is 41.8 Å². The van der Waals surface area contributed by atoms with E-state index < -0.39 is 0 Å². The third-order valence-electron chi connectivity index (χ3n) is 1.24. The molecule has 2 heteroatoms. The summed E-state index contributed by atoms with van der Waals surface area (Å²) in [6, 6.07) is 0. The average molecular weight is 369 g/mol. The summed E-state index contributed by atoms with van der Waals surface area (Å²) in [5.41, 5.74) is 0. The Labute approximate surface area is 85.7 Å². The molecule has 0 spiro atoms. The van der Waals surface area contributed by atoms with Crippen molar-refractivity contribution < 1.29 is 0 Å². The van der Waals surface area contributed by atoms with Gasteiger partial charge in [-0.25, -0.2) is 0 Å². The Bertz CT molecular complexity index is 47.2. The molecular formula is C8H18Te2. The summed E-state index contributed by atoms with van der Waals surface area (Å²) in [5.74, 6) is 0. The van der Waals surface area contributed by atoms with Gasteiger partial charge < -0.3 is 0 Å². The Morgan fingerprint density at radius 3 is 1.50 bits per heavy atom. The normalized spacial score (nSPS) is 10.2. The van der Waals surface area contributed by atoms with Gasteiger partial charge in [-0.05, 0) is 0 Å². The minimum atomic E-state index is 0.469. The van der Waals surface area contributed by atoms with Crippen molar-refractivity contribution in [3.05, 3.63) is 0 Å². The minimum absolute atomic E-state index is 0.469. The zero-order valence-corrected chi connectivity index (χ0v) is 11.7. The maximum absolute atomic E-state index is 2.34. The Kier molecular flexibility index (Phi) is 12.2. The summed E-state index contributed by atoms with van der Waals surface area (Å²) >= 11 is 0.938. The first-order valence-electron chi connectivity index (χ1n) is 4.07. The standard InChI is InChI=1S/C8H18Te2/c1-3-9-7-5-6-8-10-4-2/h3-8H2,1-2H3. The van der Waals surface area contributed by atoms with Gasteiger partial charge in [0.15, 0.2) is 0 Å². The van der Waals surface area contributed by atoms with Crippen molar-refractivity contribution in [1.29, 1.82) is 0 Å². The molecular weight excluding hydrogens is 351 g/mol. The van der Waals surface area contributed by atoms with Crippen LogP contribution in [-0.2, 0) is 0 Å². The van der Waals surface area contributed by atoms with Crippen molar-refractivity contribution in [2.24, 2.45) is 0 Å². The summed E-state index contributed by atoms with van der Waals surface area (Å²) in [5, 5.41) is 0. The van der Waals surface area contributed by atoms with Crippen molar-refractivity contribution in [2.75, 3.05) is 0 Å². The van der Waals surface area contributed by atoms with Crippen LogP contribution in [0.1, 0.15) is 26.7 Å². The van der Waals surface area contributed by atoms with Crippen LogP contribution in [0.2, 0.25) is 17.9 Å². The monoisotopic (exact) mass is 374 g/mol. The molecule has 0 heterocycles. The molecule has 0 saturated heterocycles. The number of hydrogen-bond acceptors (Lipinski definition) is 0. The van der Waals surface area contributed by atoms with E-state index in [2.05, 4.69) is 13.8 Å². The van der Waals surface area contributed by atoms with Crippen LogP contribution in [0.15, 0.2) is 0 Å². The van der Waals surface area contributed by atoms with Crippen molar-refractivity contribution in [3.8, 4) is 0 Å².